The first-order chi connectivity index (χ1) is 18.6. The van der Waals surface area contributed by atoms with Gasteiger partial charge in [-0.2, -0.15) is 4.31 Å². The zero-order valence-corrected chi connectivity index (χ0v) is 24.6. The highest BCUT2D eigenvalue weighted by Gasteiger charge is 2.28. The summed E-state index contributed by atoms with van der Waals surface area (Å²) in [6, 6.07) is 6.04. The van der Waals surface area contributed by atoms with E-state index >= 15 is 0 Å². The molecule has 0 bridgehead atoms. The number of hydrogen-bond acceptors (Lipinski definition) is 7. The lowest BCUT2D eigenvalue weighted by molar-refractivity contribution is -0.305. The van der Waals surface area contributed by atoms with Crippen molar-refractivity contribution >= 4 is 43.9 Å². The molecule has 11 nitrogen and oxygen atoms in total. The zero-order chi connectivity index (χ0) is 30.3. The smallest absolute Gasteiger partial charge is 0.410 e. The van der Waals surface area contributed by atoms with E-state index in [0.29, 0.717) is 28.2 Å². The van der Waals surface area contributed by atoms with Crippen molar-refractivity contribution in [2.45, 2.75) is 70.9 Å². The molecule has 0 radical (unpaired) electrons. The molecular formula is C28H37N4O7S-. The van der Waals surface area contributed by atoms with Crippen LogP contribution in [-0.2, 0) is 19.6 Å². The van der Waals surface area contributed by atoms with E-state index < -0.39 is 27.7 Å². The van der Waals surface area contributed by atoms with Crippen molar-refractivity contribution in [1.29, 1.82) is 0 Å². The first-order valence-corrected chi connectivity index (χ1v) is 14.3. The van der Waals surface area contributed by atoms with Crippen LogP contribution >= 0.6 is 0 Å². The lowest BCUT2D eigenvalue weighted by Gasteiger charge is -2.31. The predicted molar refractivity (Wildman–Crippen MR) is 152 cm³/mol. The summed E-state index contributed by atoms with van der Waals surface area (Å²) in [6.45, 7) is 10.7. The lowest BCUT2D eigenvalue weighted by atomic mass is 10.1. The number of amides is 1. The van der Waals surface area contributed by atoms with Crippen LogP contribution in [0, 0.1) is 12.3 Å². The fraction of sp³-hybridized carbons (Fsp3) is 0.464. The SMILES string of the molecule is C#CCN(CCN(C(=O)OC(C)(C)C)C(C)C)S(=O)(=O)c1ccc2[nH]c(=O)c3[nH]ccc3c2c1.CCCC(=O)[O-]. The van der Waals surface area contributed by atoms with E-state index in [0.717, 1.165) is 4.31 Å². The summed E-state index contributed by atoms with van der Waals surface area (Å²) in [5.74, 6) is 1.43. The fourth-order valence-electron chi connectivity index (χ4n) is 3.82. The molecule has 2 N–H and O–H groups in total. The second kappa shape index (κ2) is 13.5. The van der Waals surface area contributed by atoms with Crippen LogP contribution < -0.4 is 10.7 Å². The van der Waals surface area contributed by atoms with E-state index in [1.807, 2.05) is 13.8 Å². The number of ether oxygens (including phenoxy) is 1. The highest BCUT2D eigenvalue weighted by molar-refractivity contribution is 7.89. The molecule has 0 aliphatic rings. The molecule has 0 saturated carbocycles. The van der Waals surface area contributed by atoms with E-state index in [-0.39, 0.29) is 42.6 Å². The number of aromatic nitrogens is 2. The number of nitrogens with one attached hydrogen (secondary N) is 2. The highest BCUT2D eigenvalue weighted by Crippen LogP contribution is 2.25. The molecule has 0 atom stereocenters. The molecule has 3 aromatic rings. The highest BCUT2D eigenvalue weighted by atomic mass is 32.2. The molecular weight excluding hydrogens is 536 g/mol. The van der Waals surface area contributed by atoms with E-state index in [2.05, 4.69) is 15.9 Å². The molecule has 12 heteroatoms. The number of carbonyl (C=O) groups is 2. The van der Waals surface area contributed by atoms with Crippen molar-refractivity contribution in [2.24, 2.45) is 0 Å². The Labute approximate surface area is 234 Å². The summed E-state index contributed by atoms with van der Waals surface area (Å²) in [7, 11) is -3.99. The van der Waals surface area contributed by atoms with Crippen molar-refractivity contribution in [2.75, 3.05) is 19.6 Å². The number of carboxylic acids is 1. The van der Waals surface area contributed by atoms with Gasteiger partial charge in [0.1, 0.15) is 11.1 Å². The summed E-state index contributed by atoms with van der Waals surface area (Å²) in [4.78, 5) is 41.4. The summed E-state index contributed by atoms with van der Waals surface area (Å²) >= 11 is 0. The Bertz CT molecular complexity index is 1540. The second-order valence-electron chi connectivity index (χ2n) is 10.4. The maximum atomic E-state index is 13.5. The summed E-state index contributed by atoms with van der Waals surface area (Å²) in [5.41, 5.74) is -0.0688. The molecule has 0 unspecified atom stereocenters. The van der Waals surface area contributed by atoms with Gasteiger partial charge in [0, 0.05) is 47.6 Å². The zero-order valence-electron chi connectivity index (χ0n) is 23.7. The van der Waals surface area contributed by atoms with Crippen LogP contribution in [0.4, 0.5) is 4.79 Å². The number of fused-ring (bicyclic) bond motifs is 3. The number of benzene rings is 1. The van der Waals surface area contributed by atoms with Crippen LogP contribution in [-0.4, -0.2) is 70.9 Å². The minimum atomic E-state index is -3.99. The number of hydrogen-bond donors (Lipinski definition) is 2. The molecule has 0 aliphatic carbocycles. The standard InChI is InChI=1S/C24H30N4O5S.C4H8O2/c1-7-12-27(13-14-28(16(2)3)23(30)33-24(4,5)6)34(31,32)17-8-9-20-19(15-17)18-10-11-25-21(18)22(29)26-20;1-2-3-4(5)6/h1,8-11,15-16,25H,12-14H2,2-6H3,(H,26,29);2-3H2,1H3,(H,5,6)/p-1. The van der Waals surface area contributed by atoms with Crippen molar-refractivity contribution < 1.29 is 27.9 Å². The third-order valence-electron chi connectivity index (χ3n) is 5.70. The van der Waals surface area contributed by atoms with Gasteiger partial charge in [0.2, 0.25) is 10.0 Å². The number of aliphatic carboxylic acids is 1. The van der Waals surface area contributed by atoms with Gasteiger partial charge in [-0.15, -0.1) is 6.42 Å². The van der Waals surface area contributed by atoms with Crippen LogP contribution in [0.2, 0.25) is 0 Å². The van der Waals surface area contributed by atoms with E-state index in [1.165, 1.54) is 17.0 Å². The normalized spacial score (nSPS) is 11.8. The van der Waals surface area contributed by atoms with Crippen LogP contribution in [0.15, 0.2) is 40.2 Å². The molecule has 0 saturated heterocycles. The van der Waals surface area contributed by atoms with E-state index in [9.17, 15) is 27.9 Å². The number of carboxylic acid groups (broad SMARTS) is 1. The van der Waals surface area contributed by atoms with Crippen LogP contribution in [0.25, 0.3) is 21.8 Å². The van der Waals surface area contributed by atoms with Crippen molar-refractivity contribution in [3.05, 3.63) is 40.8 Å². The van der Waals surface area contributed by atoms with E-state index in [1.54, 1.807) is 46.0 Å². The van der Waals surface area contributed by atoms with E-state index in [4.69, 9.17) is 11.2 Å². The first-order valence-electron chi connectivity index (χ1n) is 12.9. The molecule has 3 rings (SSSR count). The number of H-pyrrole nitrogens is 2. The maximum Gasteiger partial charge on any atom is 0.410 e. The number of pyridine rings is 1. The van der Waals surface area contributed by atoms with Gasteiger partial charge in [0.25, 0.3) is 5.56 Å². The number of terminal acetylenes is 1. The average Bonchev–Trinajstić information content (AvgIpc) is 3.33. The van der Waals surface area contributed by atoms with Crippen molar-refractivity contribution in [1.82, 2.24) is 19.2 Å². The van der Waals surface area contributed by atoms with Crippen molar-refractivity contribution in [3.8, 4) is 12.3 Å². The van der Waals surface area contributed by atoms with Gasteiger partial charge in [-0.3, -0.25) is 4.79 Å². The van der Waals surface area contributed by atoms with Crippen LogP contribution in [0.5, 0.6) is 0 Å². The maximum absolute atomic E-state index is 13.5. The number of aromatic amines is 2. The largest absolute Gasteiger partial charge is 0.550 e. The quantitative estimate of drug-likeness (QED) is 0.373. The Kier molecular flexibility index (Phi) is 10.9. The Balaban J connectivity index is 0.000000840. The molecule has 0 spiro atoms. The van der Waals surface area contributed by atoms with Gasteiger partial charge in [0.05, 0.1) is 11.4 Å². The number of rotatable bonds is 9. The van der Waals surface area contributed by atoms with Crippen LogP contribution in [0.3, 0.4) is 0 Å². The van der Waals surface area contributed by atoms with Crippen molar-refractivity contribution in [3.63, 3.8) is 0 Å². The Hall–Kier alpha value is -3.82. The van der Waals surface area contributed by atoms with Gasteiger partial charge in [-0.1, -0.05) is 19.3 Å². The second-order valence-corrected chi connectivity index (χ2v) is 12.3. The topological polar surface area (TPSA) is 156 Å². The molecule has 2 aromatic heterocycles. The first kappa shape index (κ1) is 32.4. The summed E-state index contributed by atoms with van der Waals surface area (Å²) in [5, 5.41) is 10.7. The van der Waals surface area contributed by atoms with Gasteiger partial charge >= 0.3 is 6.09 Å². The number of nitrogens with zero attached hydrogens (tertiary/aromatic N) is 2. The minimum Gasteiger partial charge on any atom is -0.550 e. The molecule has 1 aromatic carbocycles. The average molecular weight is 574 g/mol. The Morgan fingerprint density at radius 1 is 1.15 bits per heavy atom. The molecule has 2 heterocycles. The monoisotopic (exact) mass is 573 g/mol. The fourth-order valence-corrected chi connectivity index (χ4v) is 5.19. The number of sulfonamides is 1. The van der Waals surface area contributed by atoms with Crippen LogP contribution in [0.1, 0.15) is 54.4 Å². The molecule has 0 fully saturated rings. The molecule has 0 aliphatic heterocycles. The van der Waals surface area contributed by atoms with Gasteiger partial charge in [-0.05, 0) is 65.3 Å². The molecule has 40 heavy (non-hydrogen) atoms. The third kappa shape index (κ3) is 8.34. The molecule has 1 amide bonds. The Morgan fingerprint density at radius 3 is 2.35 bits per heavy atom. The summed E-state index contributed by atoms with van der Waals surface area (Å²) < 4.78 is 33.6. The minimum absolute atomic E-state index is 0.00676. The van der Waals surface area contributed by atoms with Gasteiger partial charge in [0.15, 0.2) is 0 Å². The third-order valence-corrected chi connectivity index (χ3v) is 7.55. The molecule has 218 valence electrons. The van der Waals surface area contributed by atoms with Gasteiger partial charge < -0.3 is 29.5 Å². The van der Waals surface area contributed by atoms with Gasteiger partial charge in [-0.25, -0.2) is 13.2 Å². The predicted octanol–water partition coefficient (Wildman–Crippen LogP) is 2.82. The number of carbonyl (C=O) groups excluding carboxylic acids is 2. The Morgan fingerprint density at radius 2 is 1.82 bits per heavy atom. The lowest BCUT2D eigenvalue weighted by Crippen LogP contribution is -2.46. The summed E-state index contributed by atoms with van der Waals surface area (Å²) in [6.07, 6.45) is 7.43.